The first-order valence-corrected chi connectivity index (χ1v) is 8.35. The van der Waals surface area contributed by atoms with Gasteiger partial charge in [-0.25, -0.2) is 0 Å². The number of rotatable bonds is 5. The van der Waals surface area contributed by atoms with Gasteiger partial charge in [-0.1, -0.05) is 24.3 Å². The van der Waals surface area contributed by atoms with E-state index < -0.39 is 6.10 Å². The van der Waals surface area contributed by atoms with Gasteiger partial charge in [0, 0.05) is 6.61 Å². The van der Waals surface area contributed by atoms with E-state index >= 15 is 0 Å². The van der Waals surface area contributed by atoms with Crippen molar-refractivity contribution in [3.8, 4) is 0 Å². The molecule has 0 bridgehead atoms. The minimum Gasteiger partial charge on any atom is -0.376 e. The first-order chi connectivity index (χ1) is 10.7. The Bertz CT molecular complexity index is 511. The van der Waals surface area contributed by atoms with Gasteiger partial charge in [-0.05, 0) is 50.2 Å². The van der Waals surface area contributed by atoms with Gasteiger partial charge >= 0.3 is 0 Å². The second kappa shape index (κ2) is 7.25. The number of ether oxygens (including phenoxy) is 2. The van der Waals surface area contributed by atoms with Gasteiger partial charge in [0.2, 0.25) is 5.91 Å². The van der Waals surface area contributed by atoms with Crippen LogP contribution in [0.4, 0.5) is 0 Å². The quantitative estimate of drug-likeness (QED) is 0.910. The summed E-state index contributed by atoms with van der Waals surface area (Å²) >= 11 is 0. The highest BCUT2D eigenvalue weighted by Crippen LogP contribution is 2.29. The van der Waals surface area contributed by atoms with Gasteiger partial charge < -0.3 is 14.8 Å². The fourth-order valence-corrected chi connectivity index (χ4v) is 3.30. The third-order valence-electron chi connectivity index (χ3n) is 4.61. The fourth-order valence-electron chi connectivity index (χ4n) is 3.30. The summed E-state index contributed by atoms with van der Waals surface area (Å²) in [7, 11) is 0. The number of carbonyl (C=O) groups is 1. The molecule has 3 rings (SSSR count). The largest absolute Gasteiger partial charge is 0.376 e. The summed E-state index contributed by atoms with van der Waals surface area (Å²) in [6, 6.07) is 8.51. The van der Waals surface area contributed by atoms with Crippen molar-refractivity contribution in [1.82, 2.24) is 5.32 Å². The zero-order chi connectivity index (χ0) is 15.4. The summed E-state index contributed by atoms with van der Waals surface area (Å²) in [5, 5.41) is 3.15. The third-order valence-corrected chi connectivity index (χ3v) is 4.61. The van der Waals surface area contributed by atoms with Crippen molar-refractivity contribution >= 4 is 5.91 Å². The summed E-state index contributed by atoms with van der Waals surface area (Å²) in [6.45, 7) is 3.14. The SMILES string of the molecule is C[C@H](OC[C@@H]1CCCO1)C(=O)N[C@@H]1CCCc2ccccc21. The molecule has 0 aromatic heterocycles. The average Bonchev–Trinajstić information content (AvgIpc) is 3.06. The van der Waals surface area contributed by atoms with Crippen LogP contribution in [0.25, 0.3) is 0 Å². The van der Waals surface area contributed by atoms with Gasteiger partial charge in [0.1, 0.15) is 6.10 Å². The predicted molar refractivity (Wildman–Crippen MR) is 84.7 cm³/mol. The number of hydrogen-bond donors (Lipinski definition) is 1. The highest BCUT2D eigenvalue weighted by molar-refractivity contribution is 5.80. The highest BCUT2D eigenvalue weighted by atomic mass is 16.5. The van der Waals surface area contributed by atoms with Crippen LogP contribution in [0.3, 0.4) is 0 Å². The number of benzene rings is 1. The molecule has 1 aliphatic carbocycles. The molecule has 120 valence electrons. The molecular formula is C18H25NO3. The van der Waals surface area contributed by atoms with Crippen molar-refractivity contribution in [2.24, 2.45) is 0 Å². The maximum Gasteiger partial charge on any atom is 0.249 e. The van der Waals surface area contributed by atoms with Crippen LogP contribution in [-0.2, 0) is 20.7 Å². The van der Waals surface area contributed by atoms with Crippen molar-refractivity contribution < 1.29 is 14.3 Å². The normalized spacial score (nSPS) is 25.5. The average molecular weight is 303 g/mol. The Morgan fingerprint density at radius 3 is 3.05 bits per heavy atom. The standard InChI is InChI=1S/C18H25NO3/c1-13(22-12-15-8-5-11-21-15)18(20)19-17-10-4-7-14-6-2-3-9-16(14)17/h2-3,6,9,13,15,17H,4-5,7-8,10-12H2,1H3,(H,19,20)/t13-,15-,17+/m0/s1. The van der Waals surface area contributed by atoms with Crippen LogP contribution < -0.4 is 5.32 Å². The fraction of sp³-hybridized carbons (Fsp3) is 0.611. The van der Waals surface area contributed by atoms with Crippen LogP contribution in [0.5, 0.6) is 0 Å². The molecule has 4 nitrogen and oxygen atoms in total. The Labute approximate surface area is 132 Å². The molecule has 1 fully saturated rings. The molecule has 4 heteroatoms. The molecule has 1 aliphatic heterocycles. The summed E-state index contributed by atoms with van der Waals surface area (Å²) < 4.78 is 11.2. The zero-order valence-electron chi connectivity index (χ0n) is 13.2. The summed E-state index contributed by atoms with van der Waals surface area (Å²) in [4.78, 5) is 12.3. The van der Waals surface area contributed by atoms with Gasteiger partial charge in [-0.3, -0.25) is 4.79 Å². The molecule has 1 aromatic carbocycles. The number of fused-ring (bicyclic) bond motifs is 1. The van der Waals surface area contributed by atoms with Crippen LogP contribution in [0, 0.1) is 0 Å². The molecule has 0 spiro atoms. The number of hydrogen-bond acceptors (Lipinski definition) is 3. The van der Waals surface area contributed by atoms with Crippen molar-refractivity contribution in [3.05, 3.63) is 35.4 Å². The third kappa shape index (κ3) is 3.68. The molecule has 2 aliphatic rings. The zero-order valence-corrected chi connectivity index (χ0v) is 13.2. The predicted octanol–water partition coefficient (Wildman–Crippen LogP) is 2.76. The topological polar surface area (TPSA) is 47.6 Å². The Morgan fingerprint density at radius 2 is 2.23 bits per heavy atom. The Hall–Kier alpha value is -1.39. The Morgan fingerprint density at radius 1 is 1.36 bits per heavy atom. The van der Waals surface area contributed by atoms with Crippen LogP contribution in [0.2, 0.25) is 0 Å². The molecule has 0 radical (unpaired) electrons. The first kappa shape index (κ1) is 15.5. The van der Waals surface area contributed by atoms with Gasteiger partial charge in [-0.2, -0.15) is 0 Å². The van der Waals surface area contributed by atoms with Crippen molar-refractivity contribution in [2.45, 2.75) is 57.3 Å². The molecule has 0 unspecified atom stereocenters. The number of aryl methyl sites for hydroxylation is 1. The van der Waals surface area contributed by atoms with Crippen LogP contribution in [0.15, 0.2) is 24.3 Å². The van der Waals surface area contributed by atoms with E-state index in [2.05, 4.69) is 23.5 Å². The number of carbonyl (C=O) groups excluding carboxylic acids is 1. The van der Waals surface area contributed by atoms with Gasteiger partial charge in [-0.15, -0.1) is 0 Å². The molecule has 1 heterocycles. The molecule has 0 saturated carbocycles. The minimum atomic E-state index is -0.432. The van der Waals surface area contributed by atoms with E-state index in [-0.39, 0.29) is 18.1 Å². The maximum absolute atomic E-state index is 12.3. The summed E-state index contributed by atoms with van der Waals surface area (Å²) in [5.74, 6) is -0.0281. The van der Waals surface area contributed by atoms with Crippen molar-refractivity contribution in [3.63, 3.8) is 0 Å². The van der Waals surface area contributed by atoms with E-state index in [1.54, 1.807) is 0 Å². The van der Waals surface area contributed by atoms with Crippen LogP contribution >= 0.6 is 0 Å². The van der Waals surface area contributed by atoms with Crippen molar-refractivity contribution in [2.75, 3.05) is 13.2 Å². The second-order valence-electron chi connectivity index (χ2n) is 6.26. The van der Waals surface area contributed by atoms with Crippen LogP contribution in [0.1, 0.15) is 49.8 Å². The lowest BCUT2D eigenvalue weighted by Gasteiger charge is -2.27. The Balaban J connectivity index is 1.53. The lowest BCUT2D eigenvalue weighted by Crippen LogP contribution is -2.39. The molecule has 1 N–H and O–H groups in total. The lowest BCUT2D eigenvalue weighted by molar-refractivity contribution is -0.134. The van der Waals surface area contributed by atoms with E-state index in [1.807, 2.05) is 13.0 Å². The molecule has 1 aromatic rings. The smallest absolute Gasteiger partial charge is 0.249 e. The van der Waals surface area contributed by atoms with Gasteiger partial charge in [0.05, 0.1) is 18.8 Å². The van der Waals surface area contributed by atoms with E-state index in [4.69, 9.17) is 9.47 Å². The molecule has 1 saturated heterocycles. The van der Waals surface area contributed by atoms with Gasteiger partial charge in [0.15, 0.2) is 0 Å². The lowest BCUT2D eigenvalue weighted by atomic mass is 9.87. The Kier molecular flexibility index (Phi) is 5.11. The summed E-state index contributed by atoms with van der Waals surface area (Å²) in [5.41, 5.74) is 2.61. The molecule has 22 heavy (non-hydrogen) atoms. The van der Waals surface area contributed by atoms with Gasteiger partial charge in [0.25, 0.3) is 0 Å². The highest BCUT2D eigenvalue weighted by Gasteiger charge is 2.25. The number of amides is 1. The van der Waals surface area contributed by atoms with Crippen LogP contribution in [-0.4, -0.2) is 31.3 Å². The van der Waals surface area contributed by atoms with E-state index in [0.29, 0.717) is 6.61 Å². The second-order valence-corrected chi connectivity index (χ2v) is 6.26. The van der Waals surface area contributed by atoms with E-state index in [1.165, 1.54) is 11.1 Å². The summed E-state index contributed by atoms with van der Waals surface area (Å²) in [6.07, 6.45) is 5.07. The monoisotopic (exact) mass is 303 g/mol. The number of nitrogens with one attached hydrogen (secondary N) is 1. The first-order valence-electron chi connectivity index (χ1n) is 8.35. The van der Waals surface area contributed by atoms with Crippen molar-refractivity contribution in [1.29, 1.82) is 0 Å². The minimum absolute atomic E-state index is 0.0281. The molecular weight excluding hydrogens is 278 g/mol. The molecule has 1 amide bonds. The molecule has 3 atom stereocenters. The maximum atomic E-state index is 12.3. The van der Waals surface area contributed by atoms with E-state index in [9.17, 15) is 4.79 Å². The van der Waals surface area contributed by atoms with E-state index in [0.717, 1.165) is 38.7 Å².